The molecule has 5 N–H and O–H groups in total. The summed E-state index contributed by atoms with van der Waals surface area (Å²) >= 11 is 0. The summed E-state index contributed by atoms with van der Waals surface area (Å²) in [7, 11) is 0. The van der Waals surface area contributed by atoms with Gasteiger partial charge in [-0.25, -0.2) is 0 Å². The Hall–Kier alpha value is -3.75. The minimum absolute atomic E-state index is 0.00372. The molecule has 0 saturated heterocycles. The van der Waals surface area contributed by atoms with Gasteiger partial charge in [-0.3, -0.25) is 14.4 Å². The van der Waals surface area contributed by atoms with E-state index in [9.17, 15) is 19.5 Å². The molecule has 0 saturated carbocycles. The first kappa shape index (κ1) is 24.5. The normalized spacial score (nSPS) is 11.8. The number of Topliss-reactive ketones (excluding diaryl/α,β-unsaturated/α-hetero) is 2. The smallest absolute Gasteiger partial charge is 0.251 e. The number of benzene rings is 2. The van der Waals surface area contributed by atoms with Crippen LogP contribution in [0.5, 0.6) is 0 Å². The Morgan fingerprint density at radius 3 is 2.28 bits per heavy atom. The zero-order valence-electron chi connectivity index (χ0n) is 17.6. The molecule has 0 aliphatic heterocycles. The van der Waals surface area contributed by atoms with E-state index in [0.717, 1.165) is 11.1 Å². The van der Waals surface area contributed by atoms with Crippen LogP contribution in [0.4, 0.5) is 0 Å². The molecule has 0 unspecified atom stereocenters. The number of aliphatic hydroxyl groups is 2. The quantitative estimate of drug-likeness (QED) is 0.441. The number of rotatable bonds is 8. The second-order valence-electron chi connectivity index (χ2n) is 7.01. The molecule has 0 aliphatic carbocycles. The molecule has 7 nitrogen and oxygen atoms in total. The predicted molar refractivity (Wildman–Crippen MR) is 119 cm³/mol. The monoisotopic (exact) mass is 432 g/mol. The number of amides is 1. The lowest BCUT2D eigenvalue weighted by atomic mass is 10.1. The Balaban J connectivity index is 2.03. The van der Waals surface area contributed by atoms with Gasteiger partial charge in [-0.1, -0.05) is 24.0 Å². The first-order valence-electron chi connectivity index (χ1n) is 9.89. The summed E-state index contributed by atoms with van der Waals surface area (Å²) in [5.41, 5.74) is 7.83. The van der Waals surface area contributed by atoms with Crippen LogP contribution in [-0.4, -0.2) is 53.0 Å². The van der Waals surface area contributed by atoms with E-state index in [1.54, 1.807) is 12.1 Å². The van der Waals surface area contributed by atoms with Crippen LogP contribution in [0.1, 0.15) is 34.0 Å². The van der Waals surface area contributed by atoms with Crippen molar-refractivity contribution in [2.24, 2.45) is 5.73 Å². The lowest BCUT2D eigenvalue weighted by Gasteiger charge is -2.19. The predicted octanol–water partition coefficient (Wildman–Crippen LogP) is 0.201. The number of carbonyl (C=O) groups is 3. The van der Waals surface area contributed by atoms with Gasteiger partial charge in [-0.15, -0.1) is 0 Å². The van der Waals surface area contributed by atoms with Crippen LogP contribution in [0, 0.1) is 23.7 Å². The maximum absolute atomic E-state index is 12.3. The average Bonchev–Trinajstić information content (AvgIpc) is 2.80. The molecule has 0 aliphatic rings. The molecule has 2 aromatic carbocycles. The van der Waals surface area contributed by atoms with Gasteiger partial charge in [0.05, 0.1) is 12.6 Å². The van der Waals surface area contributed by atoms with Crippen molar-refractivity contribution in [2.45, 2.75) is 25.5 Å². The van der Waals surface area contributed by atoms with Gasteiger partial charge in [-0.05, 0) is 60.7 Å². The summed E-state index contributed by atoms with van der Waals surface area (Å²) in [6.07, 6.45) is -0.867. The first-order valence-corrected chi connectivity index (χ1v) is 9.89. The molecule has 164 valence electrons. The Bertz CT molecular complexity index is 1100. The van der Waals surface area contributed by atoms with Crippen molar-refractivity contribution in [1.29, 1.82) is 0 Å². The summed E-state index contributed by atoms with van der Waals surface area (Å²) in [5, 5.41) is 21.0. The van der Waals surface area contributed by atoms with Crippen molar-refractivity contribution < 1.29 is 24.6 Å². The van der Waals surface area contributed by atoms with E-state index in [0.29, 0.717) is 5.56 Å². The second-order valence-corrected chi connectivity index (χ2v) is 7.01. The standard InChI is InChI=1S/C25H24N2O5/c1-17(29)24(23(31)16-28)27-25(32)21-11-9-18(10-12-21)5-2-3-6-19-7-4-8-20(13-19)14-22(30)15-26/h4,7-13,17,24,28-29H,14-16,26H2,1H3,(H,27,32)/t17-,24+/m1/s1. The van der Waals surface area contributed by atoms with Crippen LogP contribution in [0.3, 0.4) is 0 Å². The van der Waals surface area contributed by atoms with E-state index in [-0.39, 0.29) is 24.3 Å². The lowest BCUT2D eigenvalue weighted by molar-refractivity contribution is -0.126. The van der Waals surface area contributed by atoms with E-state index in [1.165, 1.54) is 19.1 Å². The summed E-state index contributed by atoms with van der Waals surface area (Å²) in [6, 6.07) is 12.4. The summed E-state index contributed by atoms with van der Waals surface area (Å²) in [6.45, 7) is 0.583. The van der Waals surface area contributed by atoms with Gasteiger partial charge < -0.3 is 21.3 Å². The van der Waals surface area contributed by atoms with Crippen LogP contribution >= 0.6 is 0 Å². The minimum atomic E-state index is -1.19. The van der Waals surface area contributed by atoms with E-state index < -0.39 is 30.4 Å². The van der Waals surface area contributed by atoms with Crippen molar-refractivity contribution >= 4 is 17.5 Å². The fraction of sp³-hybridized carbons (Fsp3) is 0.240. The number of hydrogen-bond acceptors (Lipinski definition) is 6. The topological polar surface area (TPSA) is 130 Å². The molecule has 0 fully saturated rings. The van der Waals surface area contributed by atoms with Crippen LogP contribution in [0.25, 0.3) is 0 Å². The Kier molecular flexibility index (Phi) is 9.34. The fourth-order valence-corrected chi connectivity index (χ4v) is 2.76. The lowest BCUT2D eigenvalue weighted by Crippen LogP contribution is -2.48. The highest BCUT2D eigenvalue weighted by atomic mass is 16.3. The Labute approximate surface area is 186 Å². The molecule has 0 bridgehead atoms. The zero-order chi connectivity index (χ0) is 23.5. The van der Waals surface area contributed by atoms with Gasteiger partial charge in [0.15, 0.2) is 11.6 Å². The van der Waals surface area contributed by atoms with Gasteiger partial charge in [0.25, 0.3) is 5.91 Å². The molecule has 0 aromatic heterocycles. The van der Waals surface area contributed by atoms with Crippen molar-refractivity contribution in [3.8, 4) is 23.7 Å². The molecule has 7 heteroatoms. The molecule has 1 amide bonds. The van der Waals surface area contributed by atoms with Crippen molar-refractivity contribution in [3.63, 3.8) is 0 Å². The van der Waals surface area contributed by atoms with Gasteiger partial charge in [-0.2, -0.15) is 0 Å². The van der Waals surface area contributed by atoms with E-state index in [4.69, 9.17) is 10.8 Å². The number of aliphatic hydroxyl groups excluding tert-OH is 2. The molecule has 0 spiro atoms. The average molecular weight is 432 g/mol. The first-order chi connectivity index (χ1) is 15.3. The van der Waals surface area contributed by atoms with Crippen LogP contribution in [-0.2, 0) is 16.0 Å². The molecule has 0 heterocycles. The summed E-state index contributed by atoms with van der Waals surface area (Å²) < 4.78 is 0. The highest BCUT2D eigenvalue weighted by Crippen LogP contribution is 2.06. The van der Waals surface area contributed by atoms with Crippen LogP contribution in [0.15, 0.2) is 48.5 Å². The van der Waals surface area contributed by atoms with Crippen molar-refractivity contribution in [3.05, 3.63) is 70.8 Å². The number of nitrogens with two attached hydrogens (primary N) is 1. The molecule has 2 rings (SSSR count). The minimum Gasteiger partial charge on any atom is -0.391 e. The number of carbonyl (C=O) groups excluding carboxylic acids is 3. The Morgan fingerprint density at radius 1 is 1.03 bits per heavy atom. The van der Waals surface area contributed by atoms with Crippen LogP contribution in [0.2, 0.25) is 0 Å². The molecule has 32 heavy (non-hydrogen) atoms. The highest BCUT2D eigenvalue weighted by molar-refractivity contribution is 5.98. The van der Waals surface area contributed by atoms with Gasteiger partial charge >= 0.3 is 0 Å². The summed E-state index contributed by atoms with van der Waals surface area (Å²) in [5.74, 6) is 10.0. The second kappa shape index (κ2) is 12.2. The fourth-order valence-electron chi connectivity index (χ4n) is 2.76. The van der Waals surface area contributed by atoms with Gasteiger partial charge in [0, 0.05) is 23.1 Å². The Morgan fingerprint density at radius 2 is 1.69 bits per heavy atom. The largest absolute Gasteiger partial charge is 0.391 e. The third kappa shape index (κ3) is 7.50. The van der Waals surface area contributed by atoms with Gasteiger partial charge in [0.1, 0.15) is 12.6 Å². The zero-order valence-corrected chi connectivity index (χ0v) is 17.6. The van der Waals surface area contributed by atoms with Crippen molar-refractivity contribution in [1.82, 2.24) is 5.32 Å². The summed E-state index contributed by atoms with van der Waals surface area (Å²) in [4.78, 5) is 35.4. The molecule has 2 atom stereocenters. The molecular weight excluding hydrogens is 408 g/mol. The third-order valence-corrected chi connectivity index (χ3v) is 4.45. The molecule has 0 radical (unpaired) electrons. The third-order valence-electron chi connectivity index (χ3n) is 4.45. The van der Waals surface area contributed by atoms with Crippen molar-refractivity contribution in [2.75, 3.05) is 13.2 Å². The van der Waals surface area contributed by atoms with E-state index in [2.05, 4.69) is 29.0 Å². The SMILES string of the molecule is C[C@@H](O)[C@H](NC(=O)c1ccc(C#CC#Cc2cccc(CC(=O)CN)c2)cc1)C(=O)CO. The number of hydrogen-bond donors (Lipinski definition) is 4. The van der Waals surface area contributed by atoms with E-state index >= 15 is 0 Å². The van der Waals surface area contributed by atoms with Gasteiger partial charge in [0.2, 0.25) is 0 Å². The molecular formula is C25H24N2O5. The number of ketones is 2. The van der Waals surface area contributed by atoms with E-state index in [1.807, 2.05) is 24.3 Å². The number of nitrogens with one attached hydrogen (secondary N) is 1. The van der Waals surface area contributed by atoms with Crippen LogP contribution < -0.4 is 11.1 Å². The highest BCUT2D eigenvalue weighted by Gasteiger charge is 2.25. The maximum Gasteiger partial charge on any atom is 0.251 e. The maximum atomic E-state index is 12.3. The molecule has 2 aromatic rings.